The molecule has 2 aromatic carbocycles. The highest BCUT2D eigenvalue weighted by Crippen LogP contribution is 2.33. The number of anilines is 1. The molecule has 0 fully saturated rings. The first-order chi connectivity index (χ1) is 13.1. The first-order valence-electron chi connectivity index (χ1n) is 8.19. The number of rotatable bonds is 6. The standard InChI is InChI=1S/C21H19Cl3N2O2/c1-12(10-15-4-6-16(22)7-5-15)20(13(2)14(3)21(27)28)26(25)19-9-8-17(23)11-18(19)24/h4-11H,3,25H2,1-2H3,(H,27,28)/b12-10+,20-13-. The van der Waals surface area contributed by atoms with Gasteiger partial charge in [-0.1, -0.05) is 53.5 Å². The van der Waals surface area contributed by atoms with Gasteiger partial charge < -0.3 is 5.11 Å². The zero-order chi connectivity index (χ0) is 21.0. The third-order valence-electron chi connectivity index (χ3n) is 4.10. The van der Waals surface area contributed by atoms with Crippen molar-refractivity contribution >= 4 is 52.5 Å². The van der Waals surface area contributed by atoms with Crippen molar-refractivity contribution in [2.24, 2.45) is 5.84 Å². The summed E-state index contributed by atoms with van der Waals surface area (Å²) < 4.78 is 0. The molecule has 0 spiro atoms. The van der Waals surface area contributed by atoms with Crippen LogP contribution in [0, 0.1) is 0 Å². The van der Waals surface area contributed by atoms with Crippen molar-refractivity contribution in [3.8, 4) is 0 Å². The maximum absolute atomic E-state index is 11.5. The average molecular weight is 438 g/mol. The maximum atomic E-state index is 11.5. The van der Waals surface area contributed by atoms with E-state index in [-0.39, 0.29) is 5.57 Å². The van der Waals surface area contributed by atoms with Crippen molar-refractivity contribution in [2.45, 2.75) is 13.8 Å². The monoisotopic (exact) mass is 436 g/mol. The first-order valence-corrected chi connectivity index (χ1v) is 9.32. The van der Waals surface area contributed by atoms with Crippen molar-refractivity contribution in [1.29, 1.82) is 0 Å². The van der Waals surface area contributed by atoms with Gasteiger partial charge in [0.2, 0.25) is 0 Å². The van der Waals surface area contributed by atoms with Gasteiger partial charge in [-0.15, -0.1) is 0 Å². The van der Waals surface area contributed by atoms with Crippen LogP contribution in [0.1, 0.15) is 19.4 Å². The van der Waals surface area contributed by atoms with Crippen molar-refractivity contribution < 1.29 is 9.90 Å². The molecule has 0 saturated carbocycles. The number of halogens is 3. The van der Waals surface area contributed by atoms with Crippen LogP contribution < -0.4 is 10.9 Å². The van der Waals surface area contributed by atoms with Crippen LogP contribution >= 0.6 is 34.8 Å². The van der Waals surface area contributed by atoms with Crippen LogP contribution in [-0.2, 0) is 4.79 Å². The number of hydrogen-bond donors (Lipinski definition) is 2. The lowest BCUT2D eigenvalue weighted by Crippen LogP contribution is -2.32. The van der Waals surface area contributed by atoms with Crippen molar-refractivity contribution in [2.75, 3.05) is 5.01 Å². The Morgan fingerprint density at radius 1 is 1.07 bits per heavy atom. The minimum Gasteiger partial charge on any atom is -0.478 e. The van der Waals surface area contributed by atoms with Crippen LogP contribution in [0.15, 0.2) is 71.5 Å². The Kier molecular flexibility index (Phi) is 7.33. The molecule has 0 aliphatic carbocycles. The third kappa shape index (κ3) is 5.18. The van der Waals surface area contributed by atoms with Crippen LogP contribution in [0.4, 0.5) is 5.69 Å². The van der Waals surface area contributed by atoms with Gasteiger partial charge in [0.25, 0.3) is 0 Å². The lowest BCUT2D eigenvalue weighted by Gasteiger charge is -2.26. The molecule has 0 radical (unpaired) electrons. The van der Waals surface area contributed by atoms with E-state index >= 15 is 0 Å². The Morgan fingerprint density at radius 3 is 2.18 bits per heavy atom. The molecule has 0 aliphatic rings. The minimum absolute atomic E-state index is 0.0700. The summed E-state index contributed by atoms with van der Waals surface area (Å²) in [4.78, 5) is 11.5. The number of aliphatic carboxylic acids is 1. The summed E-state index contributed by atoms with van der Waals surface area (Å²) >= 11 is 18.2. The van der Waals surface area contributed by atoms with E-state index in [1.165, 1.54) is 5.01 Å². The van der Waals surface area contributed by atoms with Gasteiger partial charge in [-0.2, -0.15) is 0 Å². The van der Waals surface area contributed by atoms with Gasteiger partial charge in [0, 0.05) is 10.0 Å². The molecule has 0 aromatic heterocycles. The summed E-state index contributed by atoms with van der Waals surface area (Å²) in [7, 11) is 0. The SMILES string of the molecule is C=C(C(=O)O)/C(C)=C(/C(C)=C/c1ccc(Cl)cc1)N(N)c1ccc(Cl)cc1Cl. The van der Waals surface area contributed by atoms with Crippen LogP contribution in [0.25, 0.3) is 6.08 Å². The first kappa shape index (κ1) is 22.1. The van der Waals surface area contributed by atoms with Crippen LogP contribution in [0.2, 0.25) is 15.1 Å². The maximum Gasteiger partial charge on any atom is 0.335 e. The van der Waals surface area contributed by atoms with Crippen LogP contribution in [-0.4, -0.2) is 11.1 Å². The summed E-state index contributed by atoms with van der Waals surface area (Å²) in [5.74, 6) is 5.23. The number of carbonyl (C=O) groups is 1. The molecule has 146 valence electrons. The Bertz CT molecular complexity index is 980. The molecule has 0 saturated heterocycles. The smallest absolute Gasteiger partial charge is 0.335 e. The van der Waals surface area contributed by atoms with E-state index in [9.17, 15) is 9.90 Å². The molecular weight excluding hydrogens is 419 g/mol. The van der Waals surface area contributed by atoms with Crippen molar-refractivity contribution in [1.82, 2.24) is 0 Å². The predicted molar refractivity (Wildman–Crippen MR) is 118 cm³/mol. The lowest BCUT2D eigenvalue weighted by atomic mass is 10.00. The molecule has 0 heterocycles. The third-order valence-corrected chi connectivity index (χ3v) is 4.89. The number of benzene rings is 2. The Labute approximate surface area is 179 Å². The van der Waals surface area contributed by atoms with Crippen molar-refractivity contribution in [3.63, 3.8) is 0 Å². The summed E-state index contributed by atoms with van der Waals surface area (Å²) in [6, 6.07) is 12.1. The molecule has 4 nitrogen and oxygen atoms in total. The second-order valence-corrected chi connectivity index (χ2v) is 7.38. The van der Waals surface area contributed by atoms with E-state index in [1.807, 2.05) is 25.1 Å². The number of nitrogens with two attached hydrogens (primary N) is 1. The van der Waals surface area contributed by atoms with Gasteiger partial charge in [0.15, 0.2) is 0 Å². The summed E-state index contributed by atoms with van der Waals surface area (Å²) in [6.07, 6.45) is 1.87. The normalized spacial score (nSPS) is 12.4. The van der Waals surface area contributed by atoms with Gasteiger partial charge in [-0.3, -0.25) is 5.01 Å². The molecule has 0 amide bonds. The second kappa shape index (κ2) is 9.30. The highest BCUT2D eigenvalue weighted by Gasteiger charge is 2.20. The van der Waals surface area contributed by atoms with E-state index in [0.29, 0.717) is 32.0 Å². The number of allylic oxidation sites excluding steroid dienone is 1. The molecule has 28 heavy (non-hydrogen) atoms. The number of carboxylic acids is 1. The fraction of sp³-hybridized carbons (Fsp3) is 0.0952. The molecule has 0 aliphatic heterocycles. The van der Waals surface area contributed by atoms with Gasteiger partial charge >= 0.3 is 5.97 Å². The van der Waals surface area contributed by atoms with E-state index in [1.54, 1.807) is 37.3 Å². The molecule has 0 unspecified atom stereocenters. The molecule has 2 rings (SSSR count). The largest absolute Gasteiger partial charge is 0.478 e. The Balaban J connectivity index is 2.62. The molecule has 3 N–H and O–H groups in total. The number of hydrazine groups is 1. The summed E-state index contributed by atoms with van der Waals surface area (Å²) in [6.45, 7) is 7.12. The fourth-order valence-corrected chi connectivity index (χ4v) is 3.27. The van der Waals surface area contributed by atoms with Crippen LogP contribution in [0.5, 0.6) is 0 Å². The summed E-state index contributed by atoms with van der Waals surface area (Å²) in [5, 5.41) is 12.1. The highest BCUT2D eigenvalue weighted by molar-refractivity contribution is 6.36. The molecule has 0 atom stereocenters. The van der Waals surface area contributed by atoms with Crippen molar-refractivity contribution in [3.05, 3.63) is 92.1 Å². The topological polar surface area (TPSA) is 66.6 Å². The second-order valence-electron chi connectivity index (χ2n) is 6.10. The predicted octanol–water partition coefficient (Wildman–Crippen LogP) is 6.35. The van der Waals surface area contributed by atoms with E-state index in [4.69, 9.17) is 40.6 Å². The highest BCUT2D eigenvalue weighted by atomic mass is 35.5. The minimum atomic E-state index is -1.13. The summed E-state index contributed by atoms with van der Waals surface area (Å²) in [5.41, 5.74) is 2.87. The van der Waals surface area contributed by atoms with E-state index in [0.717, 1.165) is 11.1 Å². The molecule has 2 aromatic rings. The molecule has 7 heteroatoms. The lowest BCUT2D eigenvalue weighted by molar-refractivity contribution is -0.132. The fourth-order valence-electron chi connectivity index (χ4n) is 2.64. The van der Waals surface area contributed by atoms with Gasteiger partial charge in [0.1, 0.15) is 0 Å². The quantitative estimate of drug-likeness (QED) is 0.239. The Morgan fingerprint density at radius 2 is 1.64 bits per heavy atom. The zero-order valence-corrected chi connectivity index (χ0v) is 17.6. The van der Waals surface area contributed by atoms with Gasteiger partial charge in [0.05, 0.1) is 22.0 Å². The number of carboxylic acid groups (broad SMARTS) is 1. The Hall–Kier alpha value is -2.24. The van der Waals surface area contributed by atoms with Gasteiger partial charge in [-0.05, 0) is 67.0 Å². The van der Waals surface area contributed by atoms with Gasteiger partial charge in [-0.25, -0.2) is 10.6 Å². The molecular formula is C21H19Cl3N2O2. The average Bonchev–Trinajstić information content (AvgIpc) is 2.62. The molecule has 0 bridgehead atoms. The number of nitrogens with zero attached hydrogens (tertiary/aromatic N) is 1. The van der Waals surface area contributed by atoms with E-state index in [2.05, 4.69) is 6.58 Å². The zero-order valence-electron chi connectivity index (χ0n) is 15.3. The van der Waals surface area contributed by atoms with Crippen LogP contribution in [0.3, 0.4) is 0 Å². The number of hydrogen-bond acceptors (Lipinski definition) is 3. The van der Waals surface area contributed by atoms with E-state index < -0.39 is 5.97 Å².